The van der Waals surface area contributed by atoms with Crippen LogP contribution in [0.2, 0.25) is 0 Å². The van der Waals surface area contributed by atoms with E-state index in [1.807, 2.05) is 6.08 Å². The first-order chi connectivity index (χ1) is 7.90. The quantitative estimate of drug-likeness (QED) is 0.680. The average Bonchev–Trinajstić information content (AvgIpc) is 2.38. The highest BCUT2D eigenvalue weighted by atomic mass is 16.7. The van der Waals surface area contributed by atoms with Crippen molar-refractivity contribution in [1.82, 2.24) is 0 Å². The molecule has 2 rings (SSSR count). The molecule has 0 N–H and O–H groups in total. The normalized spacial score (nSPS) is 32.5. The van der Waals surface area contributed by atoms with Crippen LogP contribution in [0.4, 0.5) is 0 Å². The Morgan fingerprint density at radius 3 is 2.38 bits per heavy atom. The first kappa shape index (κ1) is 12.1. The molecule has 1 saturated carbocycles. The van der Waals surface area contributed by atoms with E-state index in [4.69, 9.17) is 9.47 Å². The monoisotopic (exact) mass is 224 g/mol. The summed E-state index contributed by atoms with van der Waals surface area (Å²) >= 11 is 0. The maximum Gasteiger partial charge on any atom is 0.160 e. The van der Waals surface area contributed by atoms with Crippen LogP contribution in [0.5, 0.6) is 0 Å². The highest BCUT2D eigenvalue weighted by Crippen LogP contribution is 2.31. The predicted molar refractivity (Wildman–Crippen MR) is 65.2 cm³/mol. The zero-order chi connectivity index (χ0) is 11.2. The SMILES string of the molecule is C=CCCC1COC(C2CCCCC2)OC1. The molecule has 0 aromatic rings. The molecule has 0 unspecified atom stereocenters. The Kier molecular flexibility index (Phi) is 4.86. The van der Waals surface area contributed by atoms with E-state index >= 15 is 0 Å². The highest BCUT2D eigenvalue weighted by molar-refractivity contribution is 4.75. The lowest BCUT2D eigenvalue weighted by atomic mass is 9.88. The summed E-state index contributed by atoms with van der Waals surface area (Å²) in [6.45, 7) is 5.52. The third-order valence-electron chi connectivity index (χ3n) is 3.81. The van der Waals surface area contributed by atoms with Crippen molar-refractivity contribution < 1.29 is 9.47 Å². The smallest absolute Gasteiger partial charge is 0.160 e. The van der Waals surface area contributed by atoms with Gasteiger partial charge >= 0.3 is 0 Å². The zero-order valence-corrected chi connectivity index (χ0v) is 10.2. The summed E-state index contributed by atoms with van der Waals surface area (Å²) in [5.74, 6) is 1.24. The van der Waals surface area contributed by atoms with Gasteiger partial charge in [-0.25, -0.2) is 0 Å². The van der Waals surface area contributed by atoms with Crippen LogP contribution in [0.15, 0.2) is 12.7 Å². The molecule has 0 amide bonds. The molecule has 1 aliphatic heterocycles. The predicted octanol–water partition coefficient (Wildman–Crippen LogP) is 3.52. The van der Waals surface area contributed by atoms with Gasteiger partial charge in [0.2, 0.25) is 0 Å². The Morgan fingerprint density at radius 1 is 1.06 bits per heavy atom. The molecule has 2 heteroatoms. The highest BCUT2D eigenvalue weighted by Gasteiger charge is 2.29. The van der Waals surface area contributed by atoms with Gasteiger partial charge in [0.25, 0.3) is 0 Å². The summed E-state index contributed by atoms with van der Waals surface area (Å²) in [5.41, 5.74) is 0. The van der Waals surface area contributed by atoms with Gasteiger partial charge in [-0.05, 0) is 25.7 Å². The van der Waals surface area contributed by atoms with Gasteiger partial charge in [0.05, 0.1) is 13.2 Å². The summed E-state index contributed by atoms with van der Waals surface area (Å²) in [6.07, 6.45) is 11.0. The molecule has 2 fully saturated rings. The molecule has 0 radical (unpaired) electrons. The van der Waals surface area contributed by atoms with Crippen molar-refractivity contribution in [2.24, 2.45) is 11.8 Å². The summed E-state index contributed by atoms with van der Waals surface area (Å²) in [5, 5.41) is 0. The van der Waals surface area contributed by atoms with E-state index in [0.29, 0.717) is 11.8 Å². The fourth-order valence-electron chi connectivity index (χ4n) is 2.76. The minimum absolute atomic E-state index is 0.0975. The number of allylic oxidation sites excluding steroid dienone is 1. The van der Waals surface area contributed by atoms with Crippen molar-refractivity contribution in [2.45, 2.75) is 51.2 Å². The standard InChI is InChI=1S/C14H24O2/c1-2-3-7-12-10-15-14(16-11-12)13-8-5-4-6-9-13/h2,12-14H,1,3-11H2. The van der Waals surface area contributed by atoms with Crippen molar-refractivity contribution in [1.29, 1.82) is 0 Å². The minimum atomic E-state index is 0.0975. The topological polar surface area (TPSA) is 18.5 Å². The van der Waals surface area contributed by atoms with Gasteiger partial charge in [-0.1, -0.05) is 25.3 Å². The van der Waals surface area contributed by atoms with E-state index in [9.17, 15) is 0 Å². The number of ether oxygens (including phenoxy) is 2. The second-order valence-corrected chi connectivity index (χ2v) is 5.17. The van der Waals surface area contributed by atoms with Crippen molar-refractivity contribution >= 4 is 0 Å². The fraction of sp³-hybridized carbons (Fsp3) is 0.857. The largest absolute Gasteiger partial charge is 0.352 e. The first-order valence-corrected chi connectivity index (χ1v) is 6.74. The number of rotatable bonds is 4. The van der Waals surface area contributed by atoms with Crippen molar-refractivity contribution in [3.63, 3.8) is 0 Å². The Balaban J connectivity index is 1.69. The molecule has 2 aliphatic rings. The Bertz CT molecular complexity index is 201. The van der Waals surface area contributed by atoms with E-state index in [-0.39, 0.29) is 6.29 Å². The molecule has 1 aliphatic carbocycles. The Labute approximate surface area is 99.0 Å². The van der Waals surface area contributed by atoms with Gasteiger partial charge < -0.3 is 9.47 Å². The molecule has 0 aromatic carbocycles. The van der Waals surface area contributed by atoms with Crippen LogP contribution in [0.25, 0.3) is 0 Å². The van der Waals surface area contributed by atoms with Gasteiger partial charge in [-0.2, -0.15) is 0 Å². The molecule has 0 spiro atoms. The van der Waals surface area contributed by atoms with E-state index in [0.717, 1.165) is 26.1 Å². The molecule has 0 atom stereocenters. The lowest BCUT2D eigenvalue weighted by Gasteiger charge is -2.35. The van der Waals surface area contributed by atoms with Gasteiger partial charge in [-0.15, -0.1) is 6.58 Å². The van der Waals surface area contributed by atoms with E-state index in [2.05, 4.69) is 6.58 Å². The zero-order valence-electron chi connectivity index (χ0n) is 10.2. The third-order valence-corrected chi connectivity index (χ3v) is 3.81. The van der Waals surface area contributed by atoms with Crippen molar-refractivity contribution in [3.8, 4) is 0 Å². The molecule has 2 nitrogen and oxygen atoms in total. The van der Waals surface area contributed by atoms with E-state index < -0.39 is 0 Å². The van der Waals surface area contributed by atoms with Gasteiger partial charge in [-0.3, -0.25) is 0 Å². The van der Waals surface area contributed by atoms with Gasteiger partial charge in [0.1, 0.15) is 0 Å². The van der Waals surface area contributed by atoms with Crippen LogP contribution >= 0.6 is 0 Å². The second kappa shape index (κ2) is 6.41. The third kappa shape index (κ3) is 3.33. The Hall–Kier alpha value is -0.340. The van der Waals surface area contributed by atoms with Crippen LogP contribution in [-0.2, 0) is 9.47 Å². The van der Waals surface area contributed by atoms with Crippen molar-refractivity contribution in [3.05, 3.63) is 12.7 Å². The van der Waals surface area contributed by atoms with Crippen LogP contribution in [0, 0.1) is 11.8 Å². The molecule has 16 heavy (non-hydrogen) atoms. The summed E-state index contributed by atoms with van der Waals surface area (Å²) in [4.78, 5) is 0. The molecule has 0 bridgehead atoms. The minimum Gasteiger partial charge on any atom is -0.352 e. The maximum absolute atomic E-state index is 5.87. The van der Waals surface area contributed by atoms with E-state index in [1.165, 1.54) is 32.1 Å². The first-order valence-electron chi connectivity index (χ1n) is 6.74. The molecular weight excluding hydrogens is 200 g/mol. The lowest BCUT2D eigenvalue weighted by Crippen LogP contribution is -2.37. The number of hydrogen-bond donors (Lipinski definition) is 0. The number of hydrogen-bond acceptors (Lipinski definition) is 2. The van der Waals surface area contributed by atoms with Crippen LogP contribution in [0.1, 0.15) is 44.9 Å². The molecule has 92 valence electrons. The van der Waals surface area contributed by atoms with Gasteiger partial charge in [0, 0.05) is 11.8 Å². The van der Waals surface area contributed by atoms with Crippen molar-refractivity contribution in [2.75, 3.05) is 13.2 Å². The molecule has 1 heterocycles. The van der Waals surface area contributed by atoms with Crippen LogP contribution < -0.4 is 0 Å². The van der Waals surface area contributed by atoms with Gasteiger partial charge in [0.15, 0.2) is 6.29 Å². The summed E-state index contributed by atoms with van der Waals surface area (Å²) in [7, 11) is 0. The summed E-state index contributed by atoms with van der Waals surface area (Å²) in [6, 6.07) is 0. The fourth-order valence-corrected chi connectivity index (χ4v) is 2.76. The Morgan fingerprint density at radius 2 is 1.75 bits per heavy atom. The lowest BCUT2D eigenvalue weighted by molar-refractivity contribution is -0.228. The van der Waals surface area contributed by atoms with Crippen LogP contribution in [-0.4, -0.2) is 19.5 Å². The second-order valence-electron chi connectivity index (χ2n) is 5.17. The van der Waals surface area contributed by atoms with E-state index in [1.54, 1.807) is 0 Å². The maximum atomic E-state index is 5.87. The molecule has 0 aromatic heterocycles. The summed E-state index contributed by atoms with van der Waals surface area (Å²) < 4.78 is 11.7. The molecule has 1 saturated heterocycles. The average molecular weight is 224 g/mol. The van der Waals surface area contributed by atoms with Crippen LogP contribution in [0.3, 0.4) is 0 Å². The molecular formula is C14H24O2.